The number of fused-ring (bicyclic) bond motifs is 1. The standard InChI is InChI=1S/C23H24N4O/c1-16-24-22(17-10-6-5-7-11-17)27(25-16)15-18(28)14-21-23(2,3)19-12-8-9-13-20(19)26(21)4/h5-14H,15H2,1-4H3/b21-14-. The highest BCUT2D eigenvalue weighted by molar-refractivity contribution is 5.92. The summed E-state index contributed by atoms with van der Waals surface area (Å²) in [6, 6.07) is 18.1. The maximum atomic E-state index is 13.0. The molecule has 0 atom stereocenters. The maximum Gasteiger partial charge on any atom is 0.178 e. The smallest absolute Gasteiger partial charge is 0.178 e. The lowest BCUT2D eigenvalue weighted by molar-refractivity contribution is -0.115. The summed E-state index contributed by atoms with van der Waals surface area (Å²) in [4.78, 5) is 19.6. The molecular weight excluding hydrogens is 348 g/mol. The van der Waals surface area contributed by atoms with Gasteiger partial charge in [-0.15, -0.1) is 0 Å². The molecular formula is C23H24N4O. The molecule has 1 aliphatic heterocycles. The Morgan fingerprint density at radius 2 is 1.75 bits per heavy atom. The fourth-order valence-corrected chi connectivity index (χ4v) is 3.97. The van der Waals surface area contributed by atoms with Gasteiger partial charge in [-0.05, 0) is 18.6 Å². The van der Waals surface area contributed by atoms with Gasteiger partial charge >= 0.3 is 0 Å². The second-order valence-corrected chi connectivity index (χ2v) is 7.70. The Balaban J connectivity index is 1.65. The van der Waals surface area contributed by atoms with Crippen LogP contribution in [0.2, 0.25) is 0 Å². The van der Waals surface area contributed by atoms with Crippen LogP contribution in [0, 0.1) is 6.92 Å². The first kappa shape index (κ1) is 18.2. The number of benzene rings is 2. The van der Waals surface area contributed by atoms with E-state index in [9.17, 15) is 4.79 Å². The summed E-state index contributed by atoms with van der Waals surface area (Å²) in [6.45, 7) is 6.32. The van der Waals surface area contributed by atoms with Gasteiger partial charge in [0.25, 0.3) is 0 Å². The maximum absolute atomic E-state index is 13.0. The topological polar surface area (TPSA) is 51.0 Å². The highest BCUT2D eigenvalue weighted by atomic mass is 16.1. The second kappa shape index (κ2) is 6.75. The van der Waals surface area contributed by atoms with Crippen LogP contribution in [0.15, 0.2) is 66.4 Å². The van der Waals surface area contributed by atoms with Gasteiger partial charge in [-0.3, -0.25) is 4.79 Å². The van der Waals surface area contributed by atoms with Crippen molar-refractivity contribution >= 4 is 11.5 Å². The van der Waals surface area contributed by atoms with E-state index in [0.29, 0.717) is 11.6 Å². The molecule has 28 heavy (non-hydrogen) atoms. The van der Waals surface area contributed by atoms with Gasteiger partial charge in [0.1, 0.15) is 12.4 Å². The Hall–Kier alpha value is -3.21. The van der Waals surface area contributed by atoms with Crippen molar-refractivity contribution in [3.8, 4) is 11.4 Å². The van der Waals surface area contributed by atoms with Gasteiger partial charge in [0.05, 0.1) is 0 Å². The van der Waals surface area contributed by atoms with Crippen LogP contribution in [-0.2, 0) is 16.8 Å². The monoisotopic (exact) mass is 372 g/mol. The first-order valence-electron chi connectivity index (χ1n) is 9.43. The summed E-state index contributed by atoms with van der Waals surface area (Å²) in [7, 11) is 2.02. The molecule has 0 fully saturated rings. The molecule has 0 unspecified atom stereocenters. The number of carbonyl (C=O) groups is 1. The molecule has 0 saturated carbocycles. The Labute approximate surface area is 165 Å². The van der Waals surface area contributed by atoms with Crippen molar-refractivity contribution < 1.29 is 4.79 Å². The summed E-state index contributed by atoms with van der Waals surface area (Å²) in [5.74, 6) is 1.38. The molecule has 0 spiro atoms. The minimum atomic E-state index is -0.221. The molecule has 1 aromatic heterocycles. The van der Waals surface area contributed by atoms with Crippen LogP contribution in [0.5, 0.6) is 0 Å². The minimum Gasteiger partial charge on any atom is -0.347 e. The van der Waals surface area contributed by atoms with Gasteiger partial charge in [0.15, 0.2) is 11.6 Å². The van der Waals surface area contributed by atoms with E-state index in [-0.39, 0.29) is 17.7 Å². The van der Waals surface area contributed by atoms with Crippen molar-refractivity contribution in [2.45, 2.75) is 32.7 Å². The third kappa shape index (κ3) is 3.03. The van der Waals surface area contributed by atoms with Crippen molar-refractivity contribution in [2.24, 2.45) is 0 Å². The number of hydrogen-bond acceptors (Lipinski definition) is 4. The molecule has 2 aromatic carbocycles. The zero-order chi connectivity index (χ0) is 19.9. The van der Waals surface area contributed by atoms with Crippen molar-refractivity contribution in [3.63, 3.8) is 0 Å². The molecule has 0 bridgehead atoms. The molecule has 0 aliphatic carbocycles. The molecule has 1 aliphatic rings. The van der Waals surface area contributed by atoms with Gasteiger partial charge < -0.3 is 4.90 Å². The first-order valence-corrected chi connectivity index (χ1v) is 9.43. The molecule has 3 aromatic rings. The van der Waals surface area contributed by atoms with Crippen molar-refractivity contribution in [1.29, 1.82) is 0 Å². The second-order valence-electron chi connectivity index (χ2n) is 7.70. The summed E-state index contributed by atoms with van der Waals surface area (Å²) in [5, 5.41) is 4.44. The van der Waals surface area contributed by atoms with Crippen molar-refractivity contribution in [3.05, 3.63) is 77.8 Å². The Bertz CT molecular complexity index is 1060. The van der Waals surface area contributed by atoms with E-state index in [1.54, 1.807) is 10.8 Å². The van der Waals surface area contributed by atoms with Gasteiger partial charge in [-0.25, -0.2) is 9.67 Å². The number of allylic oxidation sites excluding steroid dienone is 2. The summed E-state index contributed by atoms with van der Waals surface area (Å²) in [5.41, 5.74) is 4.11. The number of hydrogen-bond donors (Lipinski definition) is 0. The van der Waals surface area contributed by atoms with Gasteiger partial charge in [-0.2, -0.15) is 5.10 Å². The number of nitrogens with zero attached hydrogens (tertiary/aromatic N) is 4. The Kier molecular flexibility index (Phi) is 4.38. The van der Waals surface area contributed by atoms with E-state index in [2.05, 4.69) is 41.0 Å². The number of rotatable bonds is 4. The number of carbonyl (C=O) groups excluding carboxylic acids is 1. The van der Waals surface area contributed by atoms with Crippen LogP contribution in [0.3, 0.4) is 0 Å². The Morgan fingerprint density at radius 1 is 1.07 bits per heavy atom. The molecule has 5 heteroatoms. The van der Waals surface area contributed by atoms with Gasteiger partial charge in [0, 0.05) is 35.5 Å². The summed E-state index contributed by atoms with van der Waals surface area (Å²) >= 11 is 0. The molecule has 0 N–H and O–H groups in total. The fraction of sp³-hybridized carbons (Fsp3) is 0.261. The van der Waals surface area contributed by atoms with Crippen LogP contribution in [0.25, 0.3) is 11.4 Å². The quantitative estimate of drug-likeness (QED) is 0.646. The normalized spacial score (nSPS) is 16.4. The molecule has 142 valence electrons. The molecule has 0 amide bonds. The molecule has 5 nitrogen and oxygen atoms in total. The largest absolute Gasteiger partial charge is 0.347 e. The third-order valence-corrected chi connectivity index (χ3v) is 5.35. The lowest BCUT2D eigenvalue weighted by atomic mass is 9.83. The molecule has 0 saturated heterocycles. The minimum absolute atomic E-state index is 0.00446. The zero-order valence-electron chi connectivity index (χ0n) is 16.7. The summed E-state index contributed by atoms with van der Waals surface area (Å²) < 4.78 is 1.69. The van der Waals surface area contributed by atoms with Gasteiger partial charge in [0.2, 0.25) is 0 Å². The Morgan fingerprint density at radius 3 is 2.46 bits per heavy atom. The number of anilines is 1. The van der Waals surface area contributed by atoms with E-state index in [0.717, 1.165) is 16.9 Å². The van der Waals surface area contributed by atoms with Crippen LogP contribution in [0.4, 0.5) is 5.69 Å². The molecule has 0 radical (unpaired) electrons. The van der Waals surface area contributed by atoms with E-state index in [1.165, 1.54) is 5.56 Å². The van der Waals surface area contributed by atoms with Gasteiger partial charge in [-0.1, -0.05) is 62.4 Å². The van der Waals surface area contributed by atoms with Crippen LogP contribution in [-0.4, -0.2) is 27.6 Å². The molecule has 2 heterocycles. The van der Waals surface area contributed by atoms with Crippen molar-refractivity contribution in [1.82, 2.24) is 14.8 Å². The van der Waals surface area contributed by atoms with E-state index < -0.39 is 0 Å². The SMILES string of the molecule is Cc1nc(-c2ccccc2)n(CC(=O)/C=C2\N(C)c3ccccc3C2(C)C)n1. The predicted molar refractivity (Wildman–Crippen MR) is 111 cm³/mol. The first-order chi connectivity index (χ1) is 13.4. The lowest BCUT2D eigenvalue weighted by Gasteiger charge is -2.24. The number of aromatic nitrogens is 3. The van der Waals surface area contributed by atoms with Crippen LogP contribution >= 0.6 is 0 Å². The number of para-hydroxylation sites is 1. The predicted octanol–water partition coefficient (Wildman–Crippen LogP) is 4.13. The number of ketones is 1. The van der Waals surface area contributed by atoms with Crippen LogP contribution < -0.4 is 4.90 Å². The molecule has 4 rings (SSSR count). The summed E-state index contributed by atoms with van der Waals surface area (Å²) in [6.07, 6.45) is 1.76. The van der Waals surface area contributed by atoms with E-state index >= 15 is 0 Å². The number of likely N-dealkylation sites (N-methyl/N-ethyl adjacent to an activating group) is 1. The average Bonchev–Trinajstić information content (AvgIpc) is 3.13. The van der Waals surface area contributed by atoms with E-state index in [1.807, 2.05) is 56.4 Å². The fourth-order valence-electron chi connectivity index (χ4n) is 3.97. The van der Waals surface area contributed by atoms with E-state index in [4.69, 9.17) is 0 Å². The zero-order valence-corrected chi connectivity index (χ0v) is 16.7. The third-order valence-electron chi connectivity index (χ3n) is 5.35. The lowest BCUT2D eigenvalue weighted by Crippen LogP contribution is -2.25. The average molecular weight is 372 g/mol. The number of aryl methyl sites for hydroxylation is 1. The highest BCUT2D eigenvalue weighted by Gasteiger charge is 2.38. The highest BCUT2D eigenvalue weighted by Crippen LogP contribution is 2.46. The van der Waals surface area contributed by atoms with Crippen molar-refractivity contribution in [2.75, 3.05) is 11.9 Å². The van der Waals surface area contributed by atoms with Crippen LogP contribution in [0.1, 0.15) is 25.2 Å².